The summed E-state index contributed by atoms with van der Waals surface area (Å²) in [6.07, 6.45) is 6.40. The summed E-state index contributed by atoms with van der Waals surface area (Å²) >= 11 is 1.96. The van der Waals surface area contributed by atoms with Crippen LogP contribution in [0.1, 0.15) is 59.3 Å². The van der Waals surface area contributed by atoms with E-state index in [1.54, 1.807) is 13.8 Å². The van der Waals surface area contributed by atoms with E-state index in [9.17, 15) is 9.59 Å². The maximum absolute atomic E-state index is 11.9. The maximum atomic E-state index is 11.9. The molecule has 0 aromatic rings. The number of hydrogen-bond donors (Lipinski definition) is 0. The molecule has 1 aliphatic rings. The van der Waals surface area contributed by atoms with Crippen LogP contribution in [0.2, 0.25) is 0 Å². The molecule has 0 N–H and O–H groups in total. The van der Waals surface area contributed by atoms with E-state index >= 15 is 0 Å². The van der Waals surface area contributed by atoms with Crippen LogP contribution in [0.15, 0.2) is 0 Å². The third-order valence-electron chi connectivity index (χ3n) is 3.82. The van der Waals surface area contributed by atoms with Crippen molar-refractivity contribution in [1.82, 2.24) is 0 Å². The van der Waals surface area contributed by atoms with Crippen LogP contribution in [0.25, 0.3) is 0 Å². The van der Waals surface area contributed by atoms with E-state index < -0.39 is 0 Å². The highest BCUT2D eigenvalue weighted by Gasteiger charge is 2.36. The SMILES string of the molecule is CCCCS[C@@H]1CCC[C@H](CC(C)=O)[C@H]1C(C)=O. The normalized spacial score (nSPS) is 28.1. The highest BCUT2D eigenvalue weighted by molar-refractivity contribution is 7.99. The number of Topliss-reactive ketones (excluding diaryl/α,β-unsaturated/α-hetero) is 2. The summed E-state index contributed by atoms with van der Waals surface area (Å²) < 4.78 is 0. The molecule has 0 aromatic heterocycles. The largest absolute Gasteiger partial charge is 0.300 e. The summed E-state index contributed by atoms with van der Waals surface area (Å²) in [6, 6.07) is 0. The van der Waals surface area contributed by atoms with E-state index in [1.807, 2.05) is 11.8 Å². The summed E-state index contributed by atoms with van der Waals surface area (Å²) in [5.41, 5.74) is 0. The second kappa shape index (κ2) is 7.98. The van der Waals surface area contributed by atoms with Gasteiger partial charge in [0.2, 0.25) is 0 Å². The summed E-state index contributed by atoms with van der Waals surface area (Å²) in [5.74, 6) is 2.08. The number of carbonyl (C=O) groups excluding carboxylic acids is 2. The lowest BCUT2D eigenvalue weighted by Gasteiger charge is -2.36. The van der Waals surface area contributed by atoms with Crippen molar-refractivity contribution in [3.63, 3.8) is 0 Å². The minimum Gasteiger partial charge on any atom is -0.300 e. The van der Waals surface area contributed by atoms with Crippen LogP contribution in [0, 0.1) is 11.8 Å². The molecule has 0 bridgehead atoms. The Morgan fingerprint density at radius 1 is 1.22 bits per heavy atom. The van der Waals surface area contributed by atoms with Gasteiger partial charge in [-0.2, -0.15) is 11.8 Å². The fourth-order valence-electron chi connectivity index (χ4n) is 3.00. The number of ketones is 2. The van der Waals surface area contributed by atoms with Gasteiger partial charge in [0.25, 0.3) is 0 Å². The molecular formula is C15H26O2S. The van der Waals surface area contributed by atoms with Crippen molar-refractivity contribution in [1.29, 1.82) is 0 Å². The molecule has 0 saturated heterocycles. The van der Waals surface area contributed by atoms with Crippen molar-refractivity contribution in [2.45, 2.75) is 64.5 Å². The number of rotatable bonds is 7. The van der Waals surface area contributed by atoms with Crippen molar-refractivity contribution >= 4 is 23.3 Å². The van der Waals surface area contributed by atoms with Gasteiger partial charge in [-0.3, -0.25) is 4.79 Å². The lowest BCUT2D eigenvalue weighted by molar-refractivity contribution is -0.124. The average Bonchev–Trinajstić information content (AvgIpc) is 2.28. The molecule has 1 rings (SSSR count). The molecule has 3 heteroatoms. The standard InChI is InChI=1S/C15H26O2S/c1-4-5-9-18-14-8-6-7-13(10-11(2)16)15(14)12(3)17/h13-15H,4-10H2,1-3H3/t13-,14-,15-/m1/s1. The van der Waals surface area contributed by atoms with Crippen LogP contribution in [0.3, 0.4) is 0 Å². The van der Waals surface area contributed by atoms with E-state index in [0.29, 0.717) is 17.6 Å². The summed E-state index contributed by atoms with van der Waals surface area (Å²) in [7, 11) is 0. The zero-order valence-electron chi connectivity index (χ0n) is 11.9. The molecule has 1 fully saturated rings. The Bertz CT molecular complexity index is 288. The molecule has 1 saturated carbocycles. The molecular weight excluding hydrogens is 244 g/mol. The Hall–Kier alpha value is -0.310. The predicted octanol–water partition coefficient (Wildman–Crippen LogP) is 3.87. The van der Waals surface area contributed by atoms with Crippen LogP contribution in [-0.4, -0.2) is 22.6 Å². The average molecular weight is 270 g/mol. The summed E-state index contributed by atoms with van der Waals surface area (Å²) in [6.45, 7) is 5.55. The Kier molecular flexibility index (Phi) is 6.98. The molecule has 104 valence electrons. The molecule has 2 nitrogen and oxygen atoms in total. The van der Waals surface area contributed by atoms with Gasteiger partial charge in [-0.25, -0.2) is 0 Å². The third kappa shape index (κ3) is 4.75. The van der Waals surface area contributed by atoms with Gasteiger partial charge in [-0.1, -0.05) is 19.8 Å². The Morgan fingerprint density at radius 2 is 1.94 bits per heavy atom. The minimum atomic E-state index is 0.115. The summed E-state index contributed by atoms with van der Waals surface area (Å²) in [4.78, 5) is 23.2. The fraction of sp³-hybridized carbons (Fsp3) is 0.867. The van der Waals surface area contributed by atoms with Crippen LogP contribution in [-0.2, 0) is 9.59 Å². The van der Waals surface area contributed by atoms with E-state index in [1.165, 1.54) is 19.3 Å². The number of unbranched alkanes of at least 4 members (excludes halogenated alkanes) is 1. The van der Waals surface area contributed by atoms with Crippen molar-refractivity contribution in [2.75, 3.05) is 5.75 Å². The van der Waals surface area contributed by atoms with Crippen LogP contribution >= 0.6 is 11.8 Å². The third-order valence-corrected chi connectivity index (χ3v) is 5.30. The van der Waals surface area contributed by atoms with Gasteiger partial charge in [-0.15, -0.1) is 0 Å². The lowest BCUT2D eigenvalue weighted by atomic mass is 9.74. The predicted molar refractivity (Wildman–Crippen MR) is 78.0 cm³/mol. The topological polar surface area (TPSA) is 34.1 Å². The molecule has 0 amide bonds. The number of thioether (sulfide) groups is 1. The smallest absolute Gasteiger partial charge is 0.134 e. The molecule has 3 atom stereocenters. The first-order chi connectivity index (χ1) is 8.56. The fourth-order valence-corrected chi connectivity index (χ4v) is 4.71. The molecule has 0 aromatic carbocycles. The lowest BCUT2D eigenvalue weighted by Crippen LogP contribution is -2.36. The van der Waals surface area contributed by atoms with Crippen molar-refractivity contribution in [3.8, 4) is 0 Å². The van der Waals surface area contributed by atoms with Crippen LogP contribution < -0.4 is 0 Å². The van der Waals surface area contributed by atoms with Crippen molar-refractivity contribution < 1.29 is 9.59 Å². The molecule has 0 unspecified atom stereocenters. The number of hydrogen-bond acceptors (Lipinski definition) is 3. The second-order valence-corrected chi connectivity index (χ2v) is 6.84. The molecule has 0 heterocycles. The van der Waals surface area contributed by atoms with Crippen molar-refractivity contribution in [2.24, 2.45) is 11.8 Å². The van der Waals surface area contributed by atoms with E-state index in [4.69, 9.17) is 0 Å². The van der Waals surface area contributed by atoms with E-state index in [-0.39, 0.29) is 17.5 Å². The van der Waals surface area contributed by atoms with Gasteiger partial charge in [0.05, 0.1) is 0 Å². The van der Waals surface area contributed by atoms with Gasteiger partial charge in [0.1, 0.15) is 11.6 Å². The van der Waals surface area contributed by atoms with Gasteiger partial charge in [0.15, 0.2) is 0 Å². The first-order valence-electron chi connectivity index (χ1n) is 7.17. The van der Waals surface area contributed by atoms with Gasteiger partial charge >= 0.3 is 0 Å². The van der Waals surface area contributed by atoms with Gasteiger partial charge in [-0.05, 0) is 44.8 Å². The quantitative estimate of drug-likeness (QED) is 0.659. The molecule has 1 aliphatic carbocycles. The molecule has 18 heavy (non-hydrogen) atoms. The van der Waals surface area contributed by atoms with Gasteiger partial charge < -0.3 is 4.79 Å². The zero-order chi connectivity index (χ0) is 13.5. The van der Waals surface area contributed by atoms with Gasteiger partial charge in [0, 0.05) is 17.6 Å². The monoisotopic (exact) mass is 270 g/mol. The molecule has 0 spiro atoms. The molecule has 0 radical (unpaired) electrons. The van der Waals surface area contributed by atoms with E-state index in [2.05, 4.69) is 6.92 Å². The highest BCUT2D eigenvalue weighted by Crippen LogP contribution is 2.40. The second-order valence-electron chi connectivity index (χ2n) is 5.50. The Balaban J connectivity index is 2.63. The number of carbonyl (C=O) groups is 2. The van der Waals surface area contributed by atoms with E-state index in [0.717, 1.165) is 18.6 Å². The molecule has 0 aliphatic heterocycles. The highest BCUT2D eigenvalue weighted by atomic mass is 32.2. The first-order valence-corrected chi connectivity index (χ1v) is 8.22. The Morgan fingerprint density at radius 3 is 2.50 bits per heavy atom. The first kappa shape index (κ1) is 15.7. The summed E-state index contributed by atoms with van der Waals surface area (Å²) in [5, 5.41) is 0.451. The minimum absolute atomic E-state index is 0.115. The maximum Gasteiger partial charge on any atom is 0.134 e. The van der Waals surface area contributed by atoms with Crippen LogP contribution in [0.5, 0.6) is 0 Å². The van der Waals surface area contributed by atoms with Crippen LogP contribution in [0.4, 0.5) is 0 Å². The van der Waals surface area contributed by atoms with Crippen molar-refractivity contribution in [3.05, 3.63) is 0 Å². The Labute approximate surface area is 115 Å². The zero-order valence-corrected chi connectivity index (χ0v) is 12.7.